The summed E-state index contributed by atoms with van der Waals surface area (Å²) >= 11 is 0. The lowest BCUT2D eigenvalue weighted by atomic mass is 10.1. The number of hydrogen-bond acceptors (Lipinski definition) is 6. The van der Waals surface area contributed by atoms with E-state index in [0.717, 1.165) is 25.0 Å². The van der Waals surface area contributed by atoms with Crippen LogP contribution in [0.25, 0.3) is 22.4 Å². The zero-order valence-corrected chi connectivity index (χ0v) is 16.8. The zero-order chi connectivity index (χ0) is 20.9. The number of rotatable bonds is 4. The standard InChI is InChI=1S/C21H21FN6O3/c22-14-3-4-16-17(8-14)26(10-15-2-1-6-31-15)21(29)19-20(23-12-27(16)19)28-18(9-24-25-28)13-5-7-30-11-13/h3-4,8-9,12-13,15H,1-2,5-7,10-11H2. The molecule has 0 radical (unpaired) electrons. The Morgan fingerprint density at radius 3 is 2.94 bits per heavy atom. The lowest BCUT2D eigenvalue weighted by Crippen LogP contribution is -2.29. The number of ether oxygens (including phenoxy) is 2. The number of nitrogens with zero attached hydrogens (tertiary/aromatic N) is 6. The molecule has 2 fully saturated rings. The van der Waals surface area contributed by atoms with E-state index in [1.54, 1.807) is 32.2 Å². The Morgan fingerprint density at radius 1 is 1.19 bits per heavy atom. The third-order valence-corrected chi connectivity index (χ3v) is 6.22. The van der Waals surface area contributed by atoms with Gasteiger partial charge in [-0.25, -0.2) is 9.37 Å². The summed E-state index contributed by atoms with van der Waals surface area (Å²) in [5.41, 5.74) is 2.19. The molecule has 6 rings (SSSR count). The highest BCUT2D eigenvalue weighted by Gasteiger charge is 2.27. The molecular formula is C21H21FN6O3. The molecule has 0 spiro atoms. The first-order valence-electron chi connectivity index (χ1n) is 10.5. The molecule has 2 aliphatic rings. The molecule has 5 heterocycles. The molecule has 0 saturated carbocycles. The fourth-order valence-electron chi connectivity index (χ4n) is 4.66. The molecule has 0 bridgehead atoms. The predicted molar refractivity (Wildman–Crippen MR) is 109 cm³/mol. The quantitative estimate of drug-likeness (QED) is 0.498. The van der Waals surface area contributed by atoms with E-state index in [1.165, 1.54) is 12.1 Å². The van der Waals surface area contributed by atoms with E-state index in [0.29, 0.717) is 48.7 Å². The average molecular weight is 424 g/mol. The van der Waals surface area contributed by atoms with Crippen LogP contribution in [0.2, 0.25) is 0 Å². The van der Waals surface area contributed by atoms with Crippen LogP contribution in [0, 0.1) is 5.82 Å². The first kappa shape index (κ1) is 18.6. The minimum Gasteiger partial charge on any atom is -0.381 e. The van der Waals surface area contributed by atoms with Crippen molar-refractivity contribution in [3.8, 4) is 5.82 Å². The Kier molecular flexibility index (Phi) is 4.35. The van der Waals surface area contributed by atoms with Crippen molar-refractivity contribution in [2.24, 2.45) is 0 Å². The lowest BCUT2D eigenvalue weighted by Gasteiger charge is -2.16. The summed E-state index contributed by atoms with van der Waals surface area (Å²) < 4.78 is 30.3. The maximum atomic E-state index is 14.1. The first-order chi connectivity index (χ1) is 15.2. The molecule has 9 nitrogen and oxygen atoms in total. The Balaban J connectivity index is 1.59. The van der Waals surface area contributed by atoms with Crippen molar-refractivity contribution in [1.29, 1.82) is 0 Å². The van der Waals surface area contributed by atoms with Gasteiger partial charge in [-0.15, -0.1) is 5.10 Å². The van der Waals surface area contributed by atoms with Crippen LogP contribution in [0.1, 0.15) is 30.9 Å². The molecule has 1 aromatic carbocycles. The third-order valence-electron chi connectivity index (χ3n) is 6.22. The topological polar surface area (TPSA) is 88.5 Å². The van der Waals surface area contributed by atoms with Crippen LogP contribution < -0.4 is 5.56 Å². The van der Waals surface area contributed by atoms with Crippen molar-refractivity contribution in [2.45, 2.75) is 37.8 Å². The van der Waals surface area contributed by atoms with Gasteiger partial charge < -0.3 is 14.0 Å². The van der Waals surface area contributed by atoms with E-state index in [9.17, 15) is 9.18 Å². The van der Waals surface area contributed by atoms with Crippen LogP contribution in [0.3, 0.4) is 0 Å². The zero-order valence-electron chi connectivity index (χ0n) is 16.8. The van der Waals surface area contributed by atoms with Crippen molar-refractivity contribution < 1.29 is 13.9 Å². The van der Waals surface area contributed by atoms with Gasteiger partial charge in [0.05, 0.1) is 42.2 Å². The molecule has 2 unspecified atom stereocenters. The second-order valence-electron chi connectivity index (χ2n) is 8.10. The largest absolute Gasteiger partial charge is 0.381 e. The van der Waals surface area contributed by atoms with Crippen LogP contribution in [0.4, 0.5) is 4.39 Å². The Labute approximate surface area is 176 Å². The van der Waals surface area contributed by atoms with Gasteiger partial charge >= 0.3 is 0 Å². The van der Waals surface area contributed by atoms with Crippen LogP contribution >= 0.6 is 0 Å². The second kappa shape index (κ2) is 7.24. The molecule has 10 heteroatoms. The van der Waals surface area contributed by atoms with Gasteiger partial charge in [0, 0.05) is 19.1 Å². The Hall–Kier alpha value is -3.11. The van der Waals surface area contributed by atoms with Gasteiger partial charge in [-0.05, 0) is 37.5 Å². The normalized spacial score (nSPS) is 21.6. The maximum absolute atomic E-state index is 14.1. The van der Waals surface area contributed by atoms with Crippen molar-refractivity contribution in [3.05, 3.63) is 52.6 Å². The molecule has 4 aromatic rings. The van der Waals surface area contributed by atoms with E-state index in [4.69, 9.17) is 9.47 Å². The van der Waals surface area contributed by atoms with Gasteiger partial charge in [0.2, 0.25) is 0 Å². The Morgan fingerprint density at radius 2 is 2.13 bits per heavy atom. The first-order valence-corrected chi connectivity index (χ1v) is 10.5. The highest BCUT2D eigenvalue weighted by molar-refractivity contribution is 5.81. The van der Waals surface area contributed by atoms with Crippen LogP contribution in [0.5, 0.6) is 0 Å². The van der Waals surface area contributed by atoms with Gasteiger partial charge in [0.15, 0.2) is 11.3 Å². The van der Waals surface area contributed by atoms with Crippen LogP contribution in [-0.4, -0.2) is 54.9 Å². The summed E-state index contributed by atoms with van der Waals surface area (Å²) in [6.45, 7) is 2.31. The fourth-order valence-corrected chi connectivity index (χ4v) is 4.66. The third kappa shape index (κ3) is 2.97. The van der Waals surface area contributed by atoms with E-state index < -0.39 is 5.82 Å². The van der Waals surface area contributed by atoms with Gasteiger partial charge in [-0.2, -0.15) is 4.68 Å². The molecule has 0 amide bonds. The molecular weight excluding hydrogens is 403 g/mol. The molecule has 2 aliphatic heterocycles. The van der Waals surface area contributed by atoms with E-state index in [-0.39, 0.29) is 17.6 Å². The lowest BCUT2D eigenvalue weighted by molar-refractivity contribution is 0.0973. The van der Waals surface area contributed by atoms with Crippen molar-refractivity contribution in [1.82, 2.24) is 28.9 Å². The van der Waals surface area contributed by atoms with Crippen molar-refractivity contribution >= 4 is 16.6 Å². The molecule has 2 atom stereocenters. The smallest absolute Gasteiger partial charge is 0.279 e. The van der Waals surface area contributed by atoms with E-state index in [2.05, 4.69) is 15.3 Å². The highest BCUT2D eigenvalue weighted by Crippen LogP contribution is 2.27. The number of fused-ring (bicyclic) bond motifs is 3. The summed E-state index contributed by atoms with van der Waals surface area (Å²) in [5.74, 6) is 0.166. The van der Waals surface area contributed by atoms with E-state index in [1.807, 2.05) is 0 Å². The van der Waals surface area contributed by atoms with Crippen molar-refractivity contribution in [3.63, 3.8) is 0 Å². The summed E-state index contributed by atoms with van der Waals surface area (Å²) in [5, 5.41) is 8.29. The fraction of sp³-hybridized carbons (Fsp3) is 0.429. The number of hydrogen-bond donors (Lipinski definition) is 0. The van der Waals surface area contributed by atoms with Gasteiger partial charge in [0.25, 0.3) is 5.56 Å². The summed E-state index contributed by atoms with van der Waals surface area (Å²) in [4.78, 5) is 18.2. The molecule has 2 saturated heterocycles. The molecule has 3 aromatic heterocycles. The number of halogens is 1. The molecule has 0 aliphatic carbocycles. The molecule has 31 heavy (non-hydrogen) atoms. The Bertz CT molecular complexity index is 1330. The average Bonchev–Trinajstić information content (AvgIpc) is 3.56. The maximum Gasteiger partial charge on any atom is 0.279 e. The molecule has 160 valence electrons. The van der Waals surface area contributed by atoms with Gasteiger partial charge in [-0.3, -0.25) is 9.20 Å². The summed E-state index contributed by atoms with van der Waals surface area (Å²) in [6.07, 6.45) is 5.90. The number of aromatic nitrogens is 6. The van der Waals surface area contributed by atoms with Gasteiger partial charge in [-0.1, -0.05) is 5.21 Å². The highest BCUT2D eigenvalue weighted by atomic mass is 19.1. The van der Waals surface area contributed by atoms with E-state index >= 15 is 0 Å². The number of benzene rings is 1. The van der Waals surface area contributed by atoms with Crippen LogP contribution in [-0.2, 0) is 16.0 Å². The predicted octanol–water partition coefficient (Wildman–Crippen LogP) is 2.05. The van der Waals surface area contributed by atoms with Crippen molar-refractivity contribution in [2.75, 3.05) is 19.8 Å². The van der Waals surface area contributed by atoms with Gasteiger partial charge in [0.1, 0.15) is 12.1 Å². The summed E-state index contributed by atoms with van der Waals surface area (Å²) in [6, 6.07) is 4.45. The minimum atomic E-state index is -0.396. The van der Waals surface area contributed by atoms with Crippen LogP contribution in [0.15, 0.2) is 35.5 Å². The monoisotopic (exact) mass is 424 g/mol. The molecule has 0 N–H and O–H groups in total. The summed E-state index contributed by atoms with van der Waals surface area (Å²) in [7, 11) is 0. The number of imidazole rings is 1. The second-order valence-corrected chi connectivity index (χ2v) is 8.10. The SMILES string of the molecule is O=c1c2c(-n3nncc3C3CCOC3)ncn2c2ccc(F)cc2n1CC1CCCO1. The minimum absolute atomic E-state index is 0.0736.